The van der Waals surface area contributed by atoms with Crippen molar-refractivity contribution in [2.75, 3.05) is 11.4 Å². The van der Waals surface area contributed by atoms with Crippen molar-refractivity contribution in [2.24, 2.45) is 11.5 Å². The fraction of sp³-hybridized carbons (Fsp3) is 0.250. The summed E-state index contributed by atoms with van der Waals surface area (Å²) in [5.41, 5.74) is 17.8. The number of anilines is 1. The van der Waals surface area contributed by atoms with Crippen LogP contribution in [0.2, 0.25) is 0 Å². The lowest BCUT2D eigenvalue weighted by Gasteiger charge is -2.23. The lowest BCUT2D eigenvalue weighted by molar-refractivity contribution is -0.135. The van der Waals surface area contributed by atoms with Gasteiger partial charge in [-0.05, 0) is 85.7 Å². The predicted octanol–water partition coefficient (Wildman–Crippen LogP) is 4.19. The number of carbonyl (C=O) groups excluding carboxylic acids is 2. The van der Waals surface area contributed by atoms with E-state index in [-0.39, 0.29) is 24.2 Å². The lowest BCUT2D eigenvalue weighted by Crippen LogP contribution is -2.36. The first-order valence-electron chi connectivity index (χ1n) is 11.5. The van der Waals surface area contributed by atoms with Gasteiger partial charge in [0, 0.05) is 23.4 Å². The Morgan fingerprint density at radius 2 is 1.64 bits per heavy atom. The normalized spacial score (nSPS) is 11.4. The molecule has 0 aromatic heterocycles. The Morgan fingerprint density at radius 1 is 0.917 bits per heavy atom. The zero-order valence-electron chi connectivity index (χ0n) is 20.5. The first-order valence-corrected chi connectivity index (χ1v) is 11.5. The molecule has 0 fully saturated rings. The Kier molecular flexibility index (Phi) is 10.2. The summed E-state index contributed by atoms with van der Waals surface area (Å²) >= 11 is 0. The molecular formula is C28H32ClN3O4. The van der Waals surface area contributed by atoms with Gasteiger partial charge in [-0.2, -0.15) is 0 Å². The summed E-state index contributed by atoms with van der Waals surface area (Å²) in [6.07, 6.45) is 3.45. The van der Waals surface area contributed by atoms with Crippen LogP contribution >= 0.6 is 12.4 Å². The summed E-state index contributed by atoms with van der Waals surface area (Å²) in [7, 11) is 0. The number of fused-ring (bicyclic) bond motifs is 1. The third-order valence-corrected chi connectivity index (χ3v) is 5.97. The first-order chi connectivity index (χ1) is 16.7. The maximum atomic E-state index is 12.8. The Balaban J connectivity index is 0.000000294. The zero-order chi connectivity index (χ0) is 25.5. The van der Waals surface area contributed by atoms with Crippen LogP contribution in [0, 0.1) is 13.8 Å². The number of benzene rings is 3. The van der Waals surface area contributed by atoms with E-state index in [4.69, 9.17) is 11.5 Å². The molecule has 1 aliphatic carbocycles. The van der Waals surface area contributed by atoms with E-state index in [2.05, 4.69) is 0 Å². The minimum atomic E-state index is -1.06. The van der Waals surface area contributed by atoms with Crippen molar-refractivity contribution in [1.82, 2.24) is 0 Å². The summed E-state index contributed by atoms with van der Waals surface area (Å²) in [4.78, 5) is 36.1. The summed E-state index contributed by atoms with van der Waals surface area (Å²) in [5, 5.41) is 9.17. The van der Waals surface area contributed by atoms with Crippen LogP contribution < -0.4 is 16.4 Å². The second-order valence-corrected chi connectivity index (χ2v) is 8.68. The standard InChI is InChI=1S/C18H20N2O3.C10H11NO.ClH/c1-12-6-7-16(13(2)8-12)20(11-17(21)22)18(23)15-5-3-4-14(9-15)10-19;11-10(12)9-5-4-7-2-1-3-8(7)6-9;/h3-9H,10-11,19H2,1-2H3,(H,21,22);4-6H,1-3H2,(H2,11,12);1H. The van der Waals surface area contributed by atoms with Crippen LogP contribution in [0.3, 0.4) is 0 Å². The summed E-state index contributed by atoms with van der Waals surface area (Å²) in [5.74, 6) is -1.74. The molecule has 0 heterocycles. The summed E-state index contributed by atoms with van der Waals surface area (Å²) in [6.45, 7) is 3.74. The average Bonchev–Trinajstić information content (AvgIpc) is 3.31. The van der Waals surface area contributed by atoms with Gasteiger partial charge >= 0.3 is 5.97 Å². The molecule has 2 amide bonds. The molecule has 1 aliphatic rings. The molecule has 36 heavy (non-hydrogen) atoms. The molecule has 4 rings (SSSR count). The fourth-order valence-corrected chi connectivity index (χ4v) is 4.22. The second-order valence-electron chi connectivity index (χ2n) is 8.68. The Hall–Kier alpha value is -3.68. The highest BCUT2D eigenvalue weighted by Gasteiger charge is 2.22. The van der Waals surface area contributed by atoms with Gasteiger partial charge in [-0.25, -0.2) is 0 Å². The van der Waals surface area contributed by atoms with Gasteiger partial charge in [0.2, 0.25) is 5.91 Å². The largest absolute Gasteiger partial charge is 0.480 e. The molecule has 0 saturated heterocycles. The van der Waals surface area contributed by atoms with Crippen LogP contribution in [0.5, 0.6) is 0 Å². The van der Waals surface area contributed by atoms with Crippen molar-refractivity contribution in [3.63, 3.8) is 0 Å². The number of halogens is 1. The van der Waals surface area contributed by atoms with E-state index < -0.39 is 12.5 Å². The van der Waals surface area contributed by atoms with Gasteiger partial charge in [0.05, 0.1) is 0 Å². The number of hydrogen-bond acceptors (Lipinski definition) is 4. The van der Waals surface area contributed by atoms with Gasteiger partial charge in [0.25, 0.3) is 5.91 Å². The van der Waals surface area contributed by atoms with E-state index in [1.165, 1.54) is 22.4 Å². The van der Waals surface area contributed by atoms with E-state index in [9.17, 15) is 19.5 Å². The molecule has 190 valence electrons. The van der Waals surface area contributed by atoms with Gasteiger partial charge in [-0.15, -0.1) is 12.4 Å². The van der Waals surface area contributed by atoms with E-state index in [1.54, 1.807) is 24.3 Å². The molecule has 0 atom stereocenters. The monoisotopic (exact) mass is 509 g/mol. The van der Waals surface area contributed by atoms with Crippen molar-refractivity contribution >= 4 is 35.9 Å². The van der Waals surface area contributed by atoms with Crippen LogP contribution in [0.4, 0.5) is 5.69 Å². The Bertz CT molecular complexity index is 1260. The lowest BCUT2D eigenvalue weighted by atomic mass is 10.1. The van der Waals surface area contributed by atoms with Gasteiger partial charge in [-0.3, -0.25) is 19.3 Å². The highest BCUT2D eigenvalue weighted by atomic mass is 35.5. The Labute approximate surface area is 217 Å². The van der Waals surface area contributed by atoms with Gasteiger partial charge in [0.15, 0.2) is 0 Å². The first kappa shape index (κ1) is 28.6. The zero-order valence-corrected chi connectivity index (χ0v) is 21.3. The molecule has 0 saturated carbocycles. The van der Waals surface area contributed by atoms with Crippen LogP contribution in [0.1, 0.15) is 55.0 Å². The molecule has 0 radical (unpaired) electrons. The molecule has 0 bridgehead atoms. The number of primary amides is 1. The van der Waals surface area contributed by atoms with Gasteiger partial charge in [0.1, 0.15) is 6.54 Å². The maximum Gasteiger partial charge on any atom is 0.323 e. The van der Waals surface area contributed by atoms with E-state index in [1.807, 2.05) is 50.2 Å². The molecular weight excluding hydrogens is 478 g/mol. The van der Waals surface area contributed by atoms with Crippen molar-refractivity contribution in [1.29, 1.82) is 0 Å². The number of nitrogens with zero attached hydrogens (tertiary/aromatic N) is 1. The molecule has 0 aliphatic heterocycles. The average molecular weight is 510 g/mol. The number of aryl methyl sites for hydroxylation is 4. The molecule has 3 aromatic rings. The number of carboxylic acids is 1. The van der Waals surface area contributed by atoms with Crippen LogP contribution in [-0.4, -0.2) is 29.4 Å². The summed E-state index contributed by atoms with van der Waals surface area (Å²) in [6, 6.07) is 18.2. The van der Waals surface area contributed by atoms with E-state index in [0.717, 1.165) is 29.5 Å². The minimum absolute atomic E-state index is 0. The number of rotatable bonds is 6. The third kappa shape index (κ3) is 7.16. The van der Waals surface area contributed by atoms with Crippen molar-refractivity contribution in [3.05, 3.63) is 99.6 Å². The number of amides is 2. The molecule has 7 nitrogen and oxygen atoms in total. The Morgan fingerprint density at radius 3 is 2.28 bits per heavy atom. The third-order valence-electron chi connectivity index (χ3n) is 5.97. The smallest absolute Gasteiger partial charge is 0.323 e. The predicted molar refractivity (Wildman–Crippen MR) is 144 cm³/mol. The number of carbonyl (C=O) groups is 3. The summed E-state index contributed by atoms with van der Waals surface area (Å²) < 4.78 is 0. The van der Waals surface area contributed by atoms with E-state index in [0.29, 0.717) is 23.4 Å². The maximum absolute atomic E-state index is 12.8. The molecule has 8 heteroatoms. The van der Waals surface area contributed by atoms with E-state index >= 15 is 0 Å². The van der Waals surface area contributed by atoms with Crippen LogP contribution in [-0.2, 0) is 24.2 Å². The highest BCUT2D eigenvalue weighted by molar-refractivity contribution is 6.08. The topological polar surface area (TPSA) is 127 Å². The van der Waals surface area contributed by atoms with Crippen molar-refractivity contribution < 1.29 is 19.5 Å². The number of nitrogens with two attached hydrogens (primary N) is 2. The number of aliphatic carboxylic acids is 1. The quantitative estimate of drug-likeness (QED) is 0.459. The number of carboxylic acid groups (broad SMARTS) is 1. The fourth-order valence-electron chi connectivity index (χ4n) is 4.22. The minimum Gasteiger partial charge on any atom is -0.480 e. The molecule has 5 N–H and O–H groups in total. The highest BCUT2D eigenvalue weighted by Crippen LogP contribution is 2.24. The SMILES string of the molecule is Cc1ccc(N(CC(=O)O)C(=O)c2cccc(CN)c2)c(C)c1.Cl.NC(=O)c1ccc2c(c1)CCC2. The van der Waals surface area contributed by atoms with Crippen LogP contribution in [0.15, 0.2) is 60.7 Å². The van der Waals surface area contributed by atoms with Crippen molar-refractivity contribution in [3.8, 4) is 0 Å². The second kappa shape index (κ2) is 12.9. The molecule has 0 unspecified atom stereocenters. The van der Waals surface area contributed by atoms with Crippen LogP contribution in [0.25, 0.3) is 0 Å². The molecule has 0 spiro atoms. The molecule has 3 aromatic carbocycles. The van der Waals surface area contributed by atoms with Gasteiger partial charge in [-0.1, -0.05) is 35.9 Å². The van der Waals surface area contributed by atoms with Crippen molar-refractivity contribution in [2.45, 2.75) is 39.7 Å². The van der Waals surface area contributed by atoms with Gasteiger partial charge < -0.3 is 16.6 Å². The number of hydrogen-bond donors (Lipinski definition) is 3.